The van der Waals surface area contributed by atoms with Gasteiger partial charge in [0.05, 0.1) is 17.8 Å². The highest BCUT2D eigenvalue weighted by Gasteiger charge is 2.35. The highest BCUT2D eigenvalue weighted by molar-refractivity contribution is 6.02. The van der Waals surface area contributed by atoms with Crippen LogP contribution < -0.4 is 15.5 Å². The largest absolute Gasteiger partial charge is 0.344 e. The van der Waals surface area contributed by atoms with E-state index in [1.807, 2.05) is 30.3 Å². The van der Waals surface area contributed by atoms with E-state index >= 15 is 0 Å². The van der Waals surface area contributed by atoms with Gasteiger partial charge in [-0.1, -0.05) is 18.2 Å². The fraction of sp³-hybridized carbons (Fsp3) is 0.263. The van der Waals surface area contributed by atoms with Crippen molar-refractivity contribution in [3.8, 4) is 0 Å². The minimum Gasteiger partial charge on any atom is -0.344 e. The normalized spacial score (nSPS) is 17.7. The Labute approximate surface area is 151 Å². The van der Waals surface area contributed by atoms with Crippen LogP contribution in [0.1, 0.15) is 13.3 Å². The Morgan fingerprint density at radius 2 is 1.96 bits per heavy atom. The lowest BCUT2D eigenvalue weighted by Crippen LogP contribution is -2.44. The van der Waals surface area contributed by atoms with Crippen LogP contribution in [0.3, 0.4) is 0 Å². The minimum absolute atomic E-state index is 0.0937. The van der Waals surface area contributed by atoms with Crippen molar-refractivity contribution in [2.75, 3.05) is 16.8 Å². The van der Waals surface area contributed by atoms with Crippen molar-refractivity contribution >= 4 is 29.1 Å². The fourth-order valence-corrected chi connectivity index (χ4v) is 2.82. The average molecular weight is 352 g/mol. The molecule has 1 aromatic carbocycles. The maximum absolute atomic E-state index is 12.5. The smallest absolute Gasteiger partial charge is 0.246 e. The maximum atomic E-state index is 12.5. The van der Waals surface area contributed by atoms with E-state index in [4.69, 9.17) is 0 Å². The molecule has 0 radical (unpaired) electrons. The van der Waals surface area contributed by atoms with Crippen molar-refractivity contribution in [2.24, 2.45) is 5.92 Å². The number of pyridine rings is 1. The zero-order chi connectivity index (χ0) is 18.5. The molecule has 26 heavy (non-hydrogen) atoms. The van der Waals surface area contributed by atoms with Gasteiger partial charge in [-0.3, -0.25) is 19.4 Å². The number of benzene rings is 1. The minimum atomic E-state index is -0.719. The van der Waals surface area contributed by atoms with Gasteiger partial charge in [-0.05, 0) is 31.2 Å². The molecular weight excluding hydrogens is 332 g/mol. The Balaban J connectivity index is 1.56. The Kier molecular flexibility index (Phi) is 5.26. The quantitative estimate of drug-likeness (QED) is 0.855. The molecule has 0 spiro atoms. The first-order valence-corrected chi connectivity index (χ1v) is 8.41. The number of para-hydroxylation sites is 1. The third-order valence-corrected chi connectivity index (χ3v) is 4.24. The standard InChI is InChI=1S/C19H20N4O3/c1-13(18(25)22-15-6-5-9-20-11-15)21-19(26)14-10-17(24)23(12-14)16-7-3-2-4-8-16/h2-9,11,13-14H,10,12H2,1H3,(H,21,26)(H,22,25)/t13-,14+/m0/s1. The van der Waals surface area contributed by atoms with Crippen LogP contribution >= 0.6 is 0 Å². The lowest BCUT2D eigenvalue weighted by molar-refractivity contribution is -0.129. The molecule has 1 fully saturated rings. The number of carbonyl (C=O) groups is 3. The highest BCUT2D eigenvalue weighted by Crippen LogP contribution is 2.24. The van der Waals surface area contributed by atoms with Crippen molar-refractivity contribution in [1.29, 1.82) is 0 Å². The second kappa shape index (κ2) is 7.77. The zero-order valence-corrected chi connectivity index (χ0v) is 14.4. The number of carbonyl (C=O) groups excluding carboxylic acids is 3. The molecule has 1 aliphatic rings. The van der Waals surface area contributed by atoms with Crippen molar-refractivity contribution in [1.82, 2.24) is 10.3 Å². The van der Waals surface area contributed by atoms with Crippen LogP contribution in [-0.2, 0) is 14.4 Å². The van der Waals surface area contributed by atoms with Gasteiger partial charge in [-0.25, -0.2) is 0 Å². The number of rotatable bonds is 5. The molecule has 7 heteroatoms. The third kappa shape index (κ3) is 4.05. The molecule has 0 aliphatic carbocycles. The van der Waals surface area contributed by atoms with E-state index in [-0.39, 0.29) is 24.1 Å². The molecule has 0 bridgehead atoms. The molecule has 0 saturated carbocycles. The van der Waals surface area contributed by atoms with Gasteiger partial charge in [0.1, 0.15) is 6.04 Å². The Morgan fingerprint density at radius 3 is 2.65 bits per heavy atom. The topological polar surface area (TPSA) is 91.4 Å². The van der Waals surface area contributed by atoms with Crippen molar-refractivity contribution < 1.29 is 14.4 Å². The lowest BCUT2D eigenvalue weighted by atomic mass is 10.1. The second-order valence-electron chi connectivity index (χ2n) is 6.20. The van der Waals surface area contributed by atoms with Crippen LogP contribution in [0.5, 0.6) is 0 Å². The average Bonchev–Trinajstić information content (AvgIpc) is 3.05. The van der Waals surface area contributed by atoms with Crippen LogP contribution in [0.4, 0.5) is 11.4 Å². The Bertz CT molecular complexity index is 795. The molecule has 3 rings (SSSR count). The summed E-state index contributed by atoms with van der Waals surface area (Å²) in [5.74, 6) is -1.21. The van der Waals surface area contributed by atoms with Crippen molar-refractivity contribution in [3.05, 3.63) is 54.9 Å². The SMILES string of the molecule is C[C@H](NC(=O)[C@@H]1CC(=O)N(c2ccccc2)C1)C(=O)Nc1cccnc1. The van der Waals surface area contributed by atoms with Gasteiger partial charge in [0, 0.05) is 24.8 Å². The lowest BCUT2D eigenvalue weighted by Gasteiger charge is -2.18. The monoisotopic (exact) mass is 352 g/mol. The first-order valence-electron chi connectivity index (χ1n) is 8.41. The maximum Gasteiger partial charge on any atom is 0.246 e. The molecule has 1 saturated heterocycles. The van der Waals surface area contributed by atoms with Gasteiger partial charge < -0.3 is 15.5 Å². The summed E-state index contributed by atoms with van der Waals surface area (Å²) in [6, 6.07) is 11.9. The third-order valence-electron chi connectivity index (χ3n) is 4.24. The highest BCUT2D eigenvalue weighted by atomic mass is 16.2. The zero-order valence-electron chi connectivity index (χ0n) is 14.4. The van der Waals surface area contributed by atoms with Crippen LogP contribution in [0.2, 0.25) is 0 Å². The van der Waals surface area contributed by atoms with E-state index in [2.05, 4.69) is 15.6 Å². The second-order valence-corrected chi connectivity index (χ2v) is 6.20. The molecule has 3 amide bonds. The molecular formula is C19H20N4O3. The van der Waals surface area contributed by atoms with Gasteiger partial charge in [-0.2, -0.15) is 0 Å². The Hall–Kier alpha value is -3.22. The van der Waals surface area contributed by atoms with Crippen LogP contribution in [-0.4, -0.2) is 35.3 Å². The molecule has 134 valence electrons. The van der Waals surface area contributed by atoms with Crippen molar-refractivity contribution in [2.45, 2.75) is 19.4 Å². The number of nitrogens with zero attached hydrogens (tertiary/aromatic N) is 2. The van der Waals surface area contributed by atoms with E-state index in [0.29, 0.717) is 12.2 Å². The predicted octanol–water partition coefficient (Wildman–Crippen LogP) is 1.58. The van der Waals surface area contributed by atoms with E-state index in [9.17, 15) is 14.4 Å². The molecule has 0 unspecified atom stereocenters. The van der Waals surface area contributed by atoms with Crippen molar-refractivity contribution in [3.63, 3.8) is 0 Å². The van der Waals surface area contributed by atoms with Crippen LogP contribution in [0, 0.1) is 5.92 Å². The number of anilines is 2. The molecule has 7 nitrogen and oxygen atoms in total. The number of hydrogen-bond donors (Lipinski definition) is 2. The number of nitrogens with one attached hydrogen (secondary N) is 2. The molecule has 2 N–H and O–H groups in total. The molecule has 2 aromatic rings. The first kappa shape index (κ1) is 17.6. The van der Waals surface area contributed by atoms with E-state index < -0.39 is 12.0 Å². The van der Waals surface area contributed by atoms with Gasteiger partial charge in [0.2, 0.25) is 17.7 Å². The first-order chi connectivity index (χ1) is 12.5. The fourth-order valence-electron chi connectivity index (χ4n) is 2.82. The summed E-state index contributed by atoms with van der Waals surface area (Å²) in [5.41, 5.74) is 1.33. The Morgan fingerprint density at radius 1 is 1.19 bits per heavy atom. The van der Waals surface area contributed by atoms with Gasteiger partial charge >= 0.3 is 0 Å². The summed E-state index contributed by atoms with van der Waals surface area (Å²) in [6.07, 6.45) is 3.27. The van der Waals surface area contributed by atoms with E-state index in [0.717, 1.165) is 5.69 Å². The summed E-state index contributed by atoms with van der Waals surface area (Å²) < 4.78 is 0. The molecule has 1 aliphatic heterocycles. The summed E-state index contributed by atoms with van der Waals surface area (Å²) in [4.78, 5) is 42.4. The number of amides is 3. The number of aromatic nitrogens is 1. The van der Waals surface area contributed by atoms with Gasteiger partial charge in [0.15, 0.2) is 0 Å². The molecule has 2 heterocycles. The molecule has 2 atom stereocenters. The van der Waals surface area contributed by atoms with Crippen LogP contribution in [0.25, 0.3) is 0 Å². The summed E-state index contributed by atoms with van der Waals surface area (Å²) in [6.45, 7) is 1.92. The predicted molar refractivity (Wildman–Crippen MR) is 97.4 cm³/mol. The summed E-state index contributed by atoms with van der Waals surface area (Å²) in [5, 5.41) is 5.37. The number of hydrogen-bond acceptors (Lipinski definition) is 4. The summed E-state index contributed by atoms with van der Waals surface area (Å²) in [7, 11) is 0. The summed E-state index contributed by atoms with van der Waals surface area (Å²) >= 11 is 0. The molecule has 1 aromatic heterocycles. The van der Waals surface area contributed by atoms with Gasteiger partial charge in [0.25, 0.3) is 0 Å². The van der Waals surface area contributed by atoms with Gasteiger partial charge in [-0.15, -0.1) is 0 Å². The van der Waals surface area contributed by atoms with Crippen LogP contribution in [0.15, 0.2) is 54.9 Å². The van der Waals surface area contributed by atoms with E-state index in [1.54, 1.807) is 30.2 Å². The van der Waals surface area contributed by atoms with E-state index in [1.165, 1.54) is 6.20 Å².